The molecule has 2 saturated carbocycles. The monoisotopic (exact) mass is 195 g/mol. The second-order valence-electron chi connectivity index (χ2n) is 6.40. The predicted octanol–water partition coefficient (Wildman–Crippen LogP) is 3.34. The van der Waals surface area contributed by atoms with Gasteiger partial charge in [-0.05, 0) is 43.4 Å². The molecule has 1 nitrogen and oxygen atoms in total. The highest BCUT2D eigenvalue weighted by atomic mass is 15.0. The van der Waals surface area contributed by atoms with Gasteiger partial charge in [-0.3, -0.25) is 0 Å². The summed E-state index contributed by atoms with van der Waals surface area (Å²) in [6, 6.07) is 1.67. The third kappa shape index (κ3) is 2.50. The maximum Gasteiger partial charge on any atom is 0.00747 e. The molecule has 1 heteroatoms. The zero-order valence-electron chi connectivity index (χ0n) is 9.97. The van der Waals surface area contributed by atoms with E-state index in [2.05, 4.69) is 26.1 Å². The molecule has 0 radical (unpaired) electrons. The Kier molecular flexibility index (Phi) is 2.88. The average molecular weight is 195 g/mol. The van der Waals surface area contributed by atoms with Crippen molar-refractivity contribution in [2.45, 2.75) is 71.4 Å². The third-order valence-corrected chi connectivity index (χ3v) is 4.05. The lowest BCUT2D eigenvalue weighted by molar-refractivity contribution is 0.152. The van der Waals surface area contributed by atoms with Crippen molar-refractivity contribution < 1.29 is 0 Å². The highest BCUT2D eigenvalue weighted by Gasteiger charge is 2.32. The molecule has 0 aromatic heterocycles. The molecule has 0 spiro atoms. The van der Waals surface area contributed by atoms with E-state index in [4.69, 9.17) is 0 Å². The fourth-order valence-corrected chi connectivity index (χ4v) is 3.21. The first-order valence-corrected chi connectivity index (χ1v) is 6.31. The van der Waals surface area contributed by atoms with Gasteiger partial charge in [0.1, 0.15) is 0 Å². The number of hydrogen-bond donors (Lipinski definition) is 1. The topological polar surface area (TPSA) is 12.0 Å². The van der Waals surface area contributed by atoms with Crippen molar-refractivity contribution in [2.75, 3.05) is 0 Å². The smallest absolute Gasteiger partial charge is 0.00747 e. The zero-order valence-corrected chi connectivity index (χ0v) is 9.97. The molecule has 1 atom stereocenters. The van der Waals surface area contributed by atoms with Crippen molar-refractivity contribution in [1.29, 1.82) is 0 Å². The molecular formula is C13H25N. The quantitative estimate of drug-likeness (QED) is 0.712. The van der Waals surface area contributed by atoms with Gasteiger partial charge >= 0.3 is 0 Å². The summed E-state index contributed by atoms with van der Waals surface area (Å²) in [6.45, 7) is 7.21. The van der Waals surface area contributed by atoms with E-state index in [1.165, 1.54) is 38.5 Å². The summed E-state index contributed by atoms with van der Waals surface area (Å²) in [5.74, 6) is 0.976. The van der Waals surface area contributed by atoms with Gasteiger partial charge in [-0.15, -0.1) is 0 Å². The van der Waals surface area contributed by atoms with Crippen LogP contribution in [0.5, 0.6) is 0 Å². The summed E-state index contributed by atoms with van der Waals surface area (Å²) in [5.41, 5.74) is 0.589. The average Bonchev–Trinajstić information content (AvgIpc) is 1.99. The van der Waals surface area contributed by atoms with E-state index in [0.29, 0.717) is 5.41 Å². The Bertz CT molecular complexity index is 191. The Balaban J connectivity index is 1.75. The number of nitrogens with one attached hydrogen (secondary N) is 1. The summed E-state index contributed by atoms with van der Waals surface area (Å²) in [5, 5.41) is 3.84. The lowest BCUT2D eigenvalue weighted by Crippen LogP contribution is -2.48. The lowest BCUT2D eigenvalue weighted by atomic mass is 9.74. The van der Waals surface area contributed by atoms with Crippen LogP contribution in [0.3, 0.4) is 0 Å². The lowest BCUT2D eigenvalue weighted by Gasteiger charge is -2.41. The Labute approximate surface area is 88.7 Å². The minimum absolute atomic E-state index is 0.589. The standard InChI is InChI=1S/C13H25N/c1-10-7-12(8-10)14-11-5-4-6-13(2,3)9-11/h10-12,14H,4-9H2,1-3H3. The SMILES string of the molecule is CC1CC(NC2CCCC(C)(C)C2)C1. The summed E-state index contributed by atoms with van der Waals surface area (Å²) in [7, 11) is 0. The molecule has 0 aliphatic heterocycles. The van der Waals surface area contributed by atoms with Crippen molar-refractivity contribution in [3.8, 4) is 0 Å². The van der Waals surface area contributed by atoms with E-state index in [1.807, 2.05) is 0 Å². The second-order valence-corrected chi connectivity index (χ2v) is 6.40. The highest BCUT2D eigenvalue weighted by molar-refractivity contribution is 4.89. The van der Waals surface area contributed by atoms with Crippen molar-refractivity contribution in [2.24, 2.45) is 11.3 Å². The zero-order chi connectivity index (χ0) is 10.2. The van der Waals surface area contributed by atoms with E-state index in [0.717, 1.165) is 18.0 Å². The van der Waals surface area contributed by atoms with Crippen molar-refractivity contribution >= 4 is 0 Å². The minimum atomic E-state index is 0.589. The van der Waals surface area contributed by atoms with Crippen LogP contribution >= 0.6 is 0 Å². The Hall–Kier alpha value is -0.0400. The van der Waals surface area contributed by atoms with Gasteiger partial charge < -0.3 is 5.32 Å². The van der Waals surface area contributed by atoms with Gasteiger partial charge in [0.2, 0.25) is 0 Å². The molecule has 82 valence electrons. The second kappa shape index (κ2) is 3.84. The number of rotatable bonds is 2. The Morgan fingerprint density at radius 1 is 1.14 bits per heavy atom. The van der Waals surface area contributed by atoms with E-state index in [9.17, 15) is 0 Å². The molecule has 2 aliphatic rings. The van der Waals surface area contributed by atoms with E-state index in [-0.39, 0.29) is 0 Å². The molecule has 0 aromatic rings. The van der Waals surface area contributed by atoms with Gasteiger partial charge in [-0.25, -0.2) is 0 Å². The molecule has 2 aliphatic carbocycles. The fourth-order valence-electron chi connectivity index (χ4n) is 3.21. The fraction of sp³-hybridized carbons (Fsp3) is 1.00. The van der Waals surface area contributed by atoms with E-state index >= 15 is 0 Å². The van der Waals surface area contributed by atoms with Crippen molar-refractivity contribution in [1.82, 2.24) is 5.32 Å². The van der Waals surface area contributed by atoms with Gasteiger partial charge in [0.15, 0.2) is 0 Å². The molecule has 0 aromatic carbocycles. The third-order valence-electron chi connectivity index (χ3n) is 4.05. The van der Waals surface area contributed by atoms with Crippen LogP contribution in [0.4, 0.5) is 0 Å². The Morgan fingerprint density at radius 3 is 2.43 bits per heavy atom. The minimum Gasteiger partial charge on any atom is -0.311 e. The molecule has 0 bridgehead atoms. The molecule has 2 rings (SSSR count). The van der Waals surface area contributed by atoms with Crippen LogP contribution in [-0.2, 0) is 0 Å². The normalized spacial score (nSPS) is 41.8. The van der Waals surface area contributed by atoms with Crippen LogP contribution in [0.25, 0.3) is 0 Å². The van der Waals surface area contributed by atoms with Crippen LogP contribution in [0, 0.1) is 11.3 Å². The summed E-state index contributed by atoms with van der Waals surface area (Å²) in [6.07, 6.45) is 8.47. The molecule has 1 unspecified atom stereocenters. The summed E-state index contributed by atoms with van der Waals surface area (Å²) < 4.78 is 0. The molecule has 14 heavy (non-hydrogen) atoms. The maximum absolute atomic E-state index is 3.84. The summed E-state index contributed by atoms with van der Waals surface area (Å²) >= 11 is 0. The van der Waals surface area contributed by atoms with E-state index in [1.54, 1.807) is 0 Å². The van der Waals surface area contributed by atoms with Crippen LogP contribution < -0.4 is 5.32 Å². The van der Waals surface area contributed by atoms with Crippen LogP contribution in [0.15, 0.2) is 0 Å². The van der Waals surface area contributed by atoms with Crippen LogP contribution in [0.1, 0.15) is 59.3 Å². The van der Waals surface area contributed by atoms with Crippen LogP contribution in [-0.4, -0.2) is 12.1 Å². The molecule has 1 N–H and O–H groups in total. The molecule has 0 saturated heterocycles. The molecule has 0 heterocycles. The van der Waals surface area contributed by atoms with Gasteiger partial charge in [-0.1, -0.05) is 27.2 Å². The summed E-state index contributed by atoms with van der Waals surface area (Å²) in [4.78, 5) is 0. The predicted molar refractivity (Wildman–Crippen MR) is 61.4 cm³/mol. The number of hydrogen-bond acceptors (Lipinski definition) is 1. The van der Waals surface area contributed by atoms with Gasteiger partial charge in [-0.2, -0.15) is 0 Å². The van der Waals surface area contributed by atoms with Crippen LogP contribution in [0.2, 0.25) is 0 Å². The largest absolute Gasteiger partial charge is 0.311 e. The molecular weight excluding hydrogens is 170 g/mol. The molecule has 2 fully saturated rings. The van der Waals surface area contributed by atoms with Gasteiger partial charge in [0, 0.05) is 12.1 Å². The van der Waals surface area contributed by atoms with Crippen molar-refractivity contribution in [3.05, 3.63) is 0 Å². The Morgan fingerprint density at radius 2 is 1.86 bits per heavy atom. The first-order valence-electron chi connectivity index (χ1n) is 6.31. The van der Waals surface area contributed by atoms with Crippen molar-refractivity contribution in [3.63, 3.8) is 0 Å². The highest BCUT2D eigenvalue weighted by Crippen LogP contribution is 2.36. The van der Waals surface area contributed by atoms with E-state index < -0.39 is 0 Å². The molecule has 0 amide bonds. The first kappa shape index (κ1) is 10.5. The first-order chi connectivity index (χ1) is 6.55. The van der Waals surface area contributed by atoms with Gasteiger partial charge in [0.05, 0.1) is 0 Å². The van der Waals surface area contributed by atoms with Gasteiger partial charge in [0.25, 0.3) is 0 Å². The maximum atomic E-state index is 3.84.